The SMILES string of the molecule is CNc1nc(N2CC3(CO)CCC2C3)nc2[nH]cc(-c3ccn4nccc4n3)c12. The van der Waals surface area contributed by atoms with Crippen molar-refractivity contribution in [1.29, 1.82) is 0 Å². The summed E-state index contributed by atoms with van der Waals surface area (Å²) < 4.78 is 1.74. The van der Waals surface area contributed by atoms with Gasteiger partial charge in [-0.3, -0.25) is 0 Å². The van der Waals surface area contributed by atoms with Crippen LogP contribution in [0.25, 0.3) is 27.9 Å². The molecule has 1 saturated carbocycles. The second-order valence-corrected chi connectivity index (χ2v) is 8.18. The molecule has 2 atom stereocenters. The number of aromatic amines is 1. The number of rotatable bonds is 4. The van der Waals surface area contributed by atoms with Crippen molar-refractivity contribution >= 4 is 28.4 Å². The van der Waals surface area contributed by atoms with E-state index in [1.54, 1.807) is 10.7 Å². The number of aromatic nitrogens is 6. The minimum absolute atomic E-state index is 0.00819. The lowest BCUT2D eigenvalue weighted by atomic mass is 9.89. The molecule has 1 aliphatic heterocycles. The third-order valence-electron chi connectivity index (χ3n) is 6.51. The molecule has 0 spiro atoms. The largest absolute Gasteiger partial charge is 0.396 e. The maximum absolute atomic E-state index is 9.87. The van der Waals surface area contributed by atoms with Gasteiger partial charge in [0.05, 0.1) is 23.9 Å². The fourth-order valence-corrected chi connectivity index (χ4v) is 5.00. The summed E-state index contributed by atoms with van der Waals surface area (Å²) >= 11 is 0. The normalized spacial score (nSPS) is 23.5. The molecule has 5 heterocycles. The van der Waals surface area contributed by atoms with E-state index < -0.39 is 0 Å². The Morgan fingerprint density at radius 1 is 1.31 bits per heavy atom. The van der Waals surface area contributed by atoms with Crippen LogP contribution >= 0.6 is 0 Å². The number of H-pyrrole nitrogens is 1. The Kier molecular flexibility index (Phi) is 3.40. The van der Waals surface area contributed by atoms with E-state index in [0.717, 1.165) is 65.5 Å². The highest BCUT2D eigenvalue weighted by Crippen LogP contribution is 2.48. The van der Waals surface area contributed by atoms with E-state index in [-0.39, 0.29) is 12.0 Å². The van der Waals surface area contributed by atoms with E-state index in [2.05, 4.69) is 20.3 Å². The minimum Gasteiger partial charge on any atom is -0.396 e. The Labute approximate surface area is 166 Å². The smallest absolute Gasteiger partial charge is 0.229 e. The fourth-order valence-electron chi connectivity index (χ4n) is 5.00. The quantitative estimate of drug-likeness (QED) is 0.490. The third kappa shape index (κ3) is 2.37. The van der Waals surface area contributed by atoms with Crippen molar-refractivity contribution in [3.63, 3.8) is 0 Å². The first-order valence-electron chi connectivity index (χ1n) is 9.95. The topological polar surface area (TPSA) is 107 Å². The van der Waals surface area contributed by atoms with Crippen molar-refractivity contribution in [3.8, 4) is 11.3 Å². The van der Waals surface area contributed by atoms with Crippen molar-refractivity contribution in [3.05, 3.63) is 30.7 Å². The van der Waals surface area contributed by atoms with Crippen LogP contribution in [-0.4, -0.2) is 60.9 Å². The molecule has 6 rings (SSSR count). The van der Waals surface area contributed by atoms with Crippen LogP contribution in [0.2, 0.25) is 0 Å². The first-order chi connectivity index (χ1) is 14.2. The molecule has 29 heavy (non-hydrogen) atoms. The molecular formula is C20H22N8O. The van der Waals surface area contributed by atoms with Gasteiger partial charge in [0.25, 0.3) is 0 Å². The van der Waals surface area contributed by atoms with E-state index in [4.69, 9.17) is 15.0 Å². The van der Waals surface area contributed by atoms with Gasteiger partial charge in [0.2, 0.25) is 5.95 Å². The Hall–Kier alpha value is -3.20. The second kappa shape index (κ2) is 5.90. The first-order valence-corrected chi connectivity index (χ1v) is 9.95. The fraction of sp³-hybridized carbons (Fsp3) is 0.400. The summed E-state index contributed by atoms with van der Waals surface area (Å²) in [5, 5.41) is 18.2. The maximum atomic E-state index is 9.87. The number of aliphatic hydroxyl groups is 1. The van der Waals surface area contributed by atoms with E-state index in [9.17, 15) is 5.11 Å². The van der Waals surface area contributed by atoms with Gasteiger partial charge in [-0.1, -0.05) is 0 Å². The zero-order valence-electron chi connectivity index (χ0n) is 16.1. The number of piperidine rings is 1. The summed E-state index contributed by atoms with van der Waals surface area (Å²) in [6, 6.07) is 4.23. The molecule has 1 aliphatic carbocycles. The Balaban J connectivity index is 1.46. The average molecular weight is 390 g/mol. The molecule has 0 amide bonds. The zero-order chi connectivity index (χ0) is 19.6. The van der Waals surface area contributed by atoms with Crippen molar-refractivity contribution in [2.75, 3.05) is 30.4 Å². The van der Waals surface area contributed by atoms with Gasteiger partial charge < -0.3 is 20.3 Å². The molecule has 2 aliphatic rings. The minimum atomic E-state index is 0.00819. The molecule has 2 bridgehead atoms. The van der Waals surface area contributed by atoms with Gasteiger partial charge in [-0.25, -0.2) is 9.50 Å². The number of hydrogen-bond donors (Lipinski definition) is 3. The van der Waals surface area contributed by atoms with Gasteiger partial charge in [0.1, 0.15) is 11.5 Å². The van der Waals surface area contributed by atoms with Crippen molar-refractivity contribution < 1.29 is 5.11 Å². The molecule has 0 radical (unpaired) electrons. The highest BCUT2D eigenvalue weighted by Gasteiger charge is 2.50. The Morgan fingerprint density at radius 2 is 2.24 bits per heavy atom. The molecule has 4 aromatic heterocycles. The molecule has 3 N–H and O–H groups in total. The molecule has 9 nitrogen and oxygen atoms in total. The lowest BCUT2D eigenvalue weighted by molar-refractivity contribution is 0.148. The van der Waals surface area contributed by atoms with Crippen LogP contribution in [0.3, 0.4) is 0 Å². The number of nitrogens with one attached hydrogen (secondary N) is 2. The third-order valence-corrected chi connectivity index (χ3v) is 6.51. The summed E-state index contributed by atoms with van der Waals surface area (Å²) in [4.78, 5) is 20.0. The van der Waals surface area contributed by atoms with Crippen LogP contribution in [0.1, 0.15) is 19.3 Å². The highest BCUT2D eigenvalue weighted by atomic mass is 16.3. The summed E-state index contributed by atoms with van der Waals surface area (Å²) in [7, 11) is 1.88. The van der Waals surface area contributed by atoms with Gasteiger partial charge in [-0.05, 0) is 25.3 Å². The van der Waals surface area contributed by atoms with E-state index in [1.165, 1.54) is 0 Å². The number of hydrogen-bond acceptors (Lipinski definition) is 7. The van der Waals surface area contributed by atoms with Crippen LogP contribution in [0.5, 0.6) is 0 Å². The van der Waals surface area contributed by atoms with Crippen molar-refractivity contribution in [2.24, 2.45) is 5.41 Å². The average Bonchev–Trinajstić information content (AvgIpc) is 3.54. The van der Waals surface area contributed by atoms with E-state index in [0.29, 0.717) is 6.04 Å². The molecule has 4 aromatic rings. The number of aliphatic hydroxyl groups excluding tert-OH is 1. The summed E-state index contributed by atoms with van der Waals surface area (Å²) in [6.45, 7) is 1.05. The highest BCUT2D eigenvalue weighted by molar-refractivity contribution is 6.01. The van der Waals surface area contributed by atoms with Gasteiger partial charge in [0, 0.05) is 49.1 Å². The van der Waals surface area contributed by atoms with Gasteiger partial charge in [0.15, 0.2) is 5.65 Å². The second-order valence-electron chi connectivity index (χ2n) is 8.18. The summed E-state index contributed by atoms with van der Waals surface area (Å²) in [5.41, 5.74) is 3.38. The van der Waals surface area contributed by atoms with Crippen molar-refractivity contribution in [2.45, 2.75) is 25.3 Å². The maximum Gasteiger partial charge on any atom is 0.229 e. The van der Waals surface area contributed by atoms with Crippen LogP contribution in [0.4, 0.5) is 11.8 Å². The summed E-state index contributed by atoms with van der Waals surface area (Å²) in [6.07, 6.45) is 8.76. The number of fused-ring (bicyclic) bond motifs is 4. The predicted octanol–water partition coefficient (Wildman–Crippen LogP) is 2.06. The molecule has 9 heteroatoms. The first kappa shape index (κ1) is 16.7. The Bertz CT molecular complexity index is 1230. The molecule has 2 fully saturated rings. The molecular weight excluding hydrogens is 368 g/mol. The van der Waals surface area contributed by atoms with Gasteiger partial charge in [-0.15, -0.1) is 0 Å². The summed E-state index contributed by atoms with van der Waals surface area (Å²) in [5.74, 6) is 1.49. The Morgan fingerprint density at radius 3 is 3.07 bits per heavy atom. The number of nitrogens with zero attached hydrogens (tertiary/aromatic N) is 6. The van der Waals surface area contributed by atoms with Crippen LogP contribution in [0, 0.1) is 5.41 Å². The molecule has 1 saturated heterocycles. The van der Waals surface area contributed by atoms with Crippen molar-refractivity contribution in [1.82, 2.24) is 29.5 Å². The molecule has 2 unspecified atom stereocenters. The van der Waals surface area contributed by atoms with E-state index >= 15 is 0 Å². The lowest BCUT2D eigenvalue weighted by Crippen LogP contribution is -2.38. The van der Waals surface area contributed by atoms with Crippen LogP contribution in [-0.2, 0) is 0 Å². The monoisotopic (exact) mass is 390 g/mol. The lowest BCUT2D eigenvalue weighted by Gasteiger charge is -2.31. The van der Waals surface area contributed by atoms with E-state index in [1.807, 2.05) is 31.6 Å². The standard InChI is InChI=1S/C20H22N8O/c1-21-17-16-13(14-4-7-28-15(24-14)3-6-23-28)9-22-18(16)26-19(25-17)27-10-20(11-29)5-2-12(27)8-20/h3-4,6-7,9,12,29H,2,5,8,10-11H2,1H3,(H2,21,22,25,26). The van der Waals surface area contributed by atoms with Crippen LogP contribution in [0.15, 0.2) is 30.7 Å². The number of anilines is 2. The molecule has 0 aromatic carbocycles. The van der Waals surface area contributed by atoms with Gasteiger partial charge in [-0.2, -0.15) is 15.1 Å². The predicted molar refractivity (Wildman–Crippen MR) is 110 cm³/mol. The zero-order valence-corrected chi connectivity index (χ0v) is 16.1. The van der Waals surface area contributed by atoms with Crippen LogP contribution < -0.4 is 10.2 Å². The van der Waals surface area contributed by atoms with Gasteiger partial charge >= 0.3 is 0 Å². The molecule has 148 valence electrons.